The SMILES string of the molecule is O=C(NC(Cc1ccccc1)C1=NC(C(=O)O)Cc2c1[nH]c1ccccc21)OCc1ccccc1. The van der Waals surface area contributed by atoms with Gasteiger partial charge in [-0.1, -0.05) is 78.9 Å². The molecule has 176 valence electrons. The maximum absolute atomic E-state index is 12.8. The quantitative estimate of drug-likeness (QED) is 0.372. The van der Waals surface area contributed by atoms with Crippen molar-refractivity contribution >= 4 is 28.7 Å². The number of rotatable bonds is 7. The Kier molecular flexibility index (Phi) is 6.30. The molecule has 0 saturated heterocycles. The topological polar surface area (TPSA) is 104 Å². The fraction of sp³-hybridized carbons (Fsp3) is 0.179. The van der Waals surface area contributed by atoms with Crippen LogP contribution in [0.3, 0.4) is 0 Å². The summed E-state index contributed by atoms with van der Waals surface area (Å²) in [6, 6.07) is 25.4. The molecular formula is C28H25N3O4. The number of alkyl carbamates (subject to hydrolysis) is 1. The summed E-state index contributed by atoms with van der Waals surface area (Å²) in [6.45, 7) is 0.132. The molecule has 7 nitrogen and oxygen atoms in total. The number of aromatic nitrogens is 1. The van der Waals surface area contributed by atoms with Crippen LogP contribution in [0.1, 0.15) is 22.4 Å². The second-order valence-corrected chi connectivity index (χ2v) is 8.55. The molecule has 1 aromatic heterocycles. The van der Waals surface area contributed by atoms with E-state index in [0.717, 1.165) is 33.3 Å². The molecule has 0 fully saturated rings. The number of amides is 1. The van der Waals surface area contributed by atoms with E-state index >= 15 is 0 Å². The molecule has 1 aliphatic heterocycles. The van der Waals surface area contributed by atoms with E-state index in [0.29, 0.717) is 12.1 Å². The molecule has 0 radical (unpaired) electrons. The van der Waals surface area contributed by atoms with Crippen LogP contribution in [-0.2, 0) is 29.0 Å². The average Bonchev–Trinajstić information content (AvgIpc) is 3.26. The van der Waals surface area contributed by atoms with Crippen LogP contribution in [0.15, 0.2) is 89.9 Å². The zero-order valence-corrected chi connectivity index (χ0v) is 19.0. The minimum atomic E-state index is -0.997. The minimum Gasteiger partial charge on any atom is -0.480 e. The summed E-state index contributed by atoms with van der Waals surface area (Å²) >= 11 is 0. The molecule has 2 atom stereocenters. The van der Waals surface area contributed by atoms with Crippen molar-refractivity contribution in [2.45, 2.75) is 31.5 Å². The molecule has 2 heterocycles. The number of aliphatic imine (C=N–C) groups is 1. The highest BCUT2D eigenvalue weighted by atomic mass is 16.5. The molecular weight excluding hydrogens is 442 g/mol. The molecule has 7 heteroatoms. The van der Waals surface area contributed by atoms with Crippen molar-refractivity contribution in [3.63, 3.8) is 0 Å². The van der Waals surface area contributed by atoms with Gasteiger partial charge in [-0.3, -0.25) is 4.99 Å². The van der Waals surface area contributed by atoms with E-state index in [1.165, 1.54) is 0 Å². The Morgan fingerprint density at radius 1 is 0.971 bits per heavy atom. The average molecular weight is 468 g/mol. The lowest BCUT2D eigenvalue weighted by Gasteiger charge is -2.26. The number of nitrogens with zero attached hydrogens (tertiary/aromatic N) is 1. The van der Waals surface area contributed by atoms with Crippen LogP contribution in [0.25, 0.3) is 10.9 Å². The van der Waals surface area contributed by atoms with Gasteiger partial charge in [0.25, 0.3) is 0 Å². The van der Waals surface area contributed by atoms with Gasteiger partial charge < -0.3 is 20.1 Å². The number of para-hydroxylation sites is 1. The van der Waals surface area contributed by atoms with Crippen molar-refractivity contribution in [1.82, 2.24) is 10.3 Å². The lowest BCUT2D eigenvalue weighted by atomic mass is 9.91. The van der Waals surface area contributed by atoms with Crippen molar-refractivity contribution in [3.05, 3.63) is 107 Å². The van der Waals surface area contributed by atoms with Gasteiger partial charge in [0.1, 0.15) is 6.61 Å². The van der Waals surface area contributed by atoms with Gasteiger partial charge in [0.2, 0.25) is 0 Å². The highest BCUT2D eigenvalue weighted by Gasteiger charge is 2.33. The Morgan fingerprint density at radius 3 is 2.34 bits per heavy atom. The second kappa shape index (κ2) is 9.85. The molecule has 1 aliphatic rings. The number of ether oxygens (including phenoxy) is 1. The van der Waals surface area contributed by atoms with Crippen LogP contribution < -0.4 is 5.32 Å². The van der Waals surface area contributed by atoms with E-state index in [1.54, 1.807) is 0 Å². The van der Waals surface area contributed by atoms with Gasteiger partial charge in [-0.05, 0) is 29.2 Å². The zero-order chi connectivity index (χ0) is 24.2. The lowest BCUT2D eigenvalue weighted by molar-refractivity contribution is -0.138. The zero-order valence-electron chi connectivity index (χ0n) is 19.0. The summed E-state index contributed by atoms with van der Waals surface area (Å²) in [6.07, 6.45) is 0.128. The number of carbonyl (C=O) groups excluding carboxylic acids is 1. The normalized spacial score (nSPS) is 15.7. The first-order chi connectivity index (χ1) is 17.1. The highest BCUT2D eigenvalue weighted by Crippen LogP contribution is 2.30. The van der Waals surface area contributed by atoms with Crippen molar-refractivity contribution in [2.75, 3.05) is 0 Å². The van der Waals surface area contributed by atoms with Crippen molar-refractivity contribution in [1.29, 1.82) is 0 Å². The first-order valence-electron chi connectivity index (χ1n) is 11.5. The molecule has 35 heavy (non-hydrogen) atoms. The molecule has 0 saturated carbocycles. The van der Waals surface area contributed by atoms with Crippen LogP contribution in [-0.4, -0.2) is 39.9 Å². The molecule has 0 spiro atoms. The summed E-state index contributed by atoms with van der Waals surface area (Å²) in [5.74, 6) is -0.997. The van der Waals surface area contributed by atoms with Crippen molar-refractivity contribution in [3.8, 4) is 0 Å². The lowest BCUT2D eigenvalue weighted by Crippen LogP contribution is -2.45. The Labute approximate surface area is 202 Å². The third-order valence-corrected chi connectivity index (χ3v) is 6.16. The number of carbonyl (C=O) groups is 2. The number of aromatic amines is 1. The molecule has 3 N–H and O–H groups in total. The van der Waals surface area contributed by atoms with Crippen LogP contribution >= 0.6 is 0 Å². The van der Waals surface area contributed by atoms with E-state index in [9.17, 15) is 14.7 Å². The molecule has 2 unspecified atom stereocenters. The first-order valence-corrected chi connectivity index (χ1v) is 11.5. The van der Waals surface area contributed by atoms with E-state index in [-0.39, 0.29) is 13.0 Å². The number of nitrogens with one attached hydrogen (secondary N) is 2. The fourth-order valence-corrected chi connectivity index (χ4v) is 4.48. The van der Waals surface area contributed by atoms with Crippen LogP contribution in [0.2, 0.25) is 0 Å². The van der Waals surface area contributed by atoms with Gasteiger partial charge >= 0.3 is 12.1 Å². The third-order valence-electron chi connectivity index (χ3n) is 6.16. The number of aliphatic carboxylic acids is 1. The smallest absolute Gasteiger partial charge is 0.408 e. The Balaban J connectivity index is 1.49. The number of hydrogen-bond acceptors (Lipinski definition) is 4. The van der Waals surface area contributed by atoms with E-state index < -0.39 is 24.1 Å². The van der Waals surface area contributed by atoms with Gasteiger partial charge in [-0.2, -0.15) is 0 Å². The van der Waals surface area contributed by atoms with Crippen LogP contribution in [0, 0.1) is 0 Å². The van der Waals surface area contributed by atoms with Crippen LogP contribution in [0.4, 0.5) is 4.79 Å². The summed E-state index contributed by atoms with van der Waals surface area (Å²) in [5, 5.41) is 13.7. The number of fused-ring (bicyclic) bond motifs is 3. The van der Waals surface area contributed by atoms with E-state index in [2.05, 4.69) is 15.3 Å². The second-order valence-electron chi connectivity index (χ2n) is 8.55. The van der Waals surface area contributed by atoms with E-state index in [1.807, 2.05) is 84.9 Å². The third kappa shape index (κ3) is 4.94. The highest BCUT2D eigenvalue weighted by molar-refractivity contribution is 6.11. The Bertz CT molecular complexity index is 1380. The molecule has 0 bridgehead atoms. The van der Waals surface area contributed by atoms with Gasteiger partial charge in [-0.25, -0.2) is 9.59 Å². The van der Waals surface area contributed by atoms with Gasteiger partial charge in [0.15, 0.2) is 6.04 Å². The number of carboxylic acids is 1. The summed E-state index contributed by atoms with van der Waals surface area (Å²) in [5.41, 5.74) is 4.93. The predicted molar refractivity (Wildman–Crippen MR) is 134 cm³/mol. The van der Waals surface area contributed by atoms with Crippen molar-refractivity contribution < 1.29 is 19.4 Å². The number of H-pyrrole nitrogens is 1. The maximum atomic E-state index is 12.8. The summed E-state index contributed by atoms with van der Waals surface area (Å²) in [7, 11) is 0. The van der Waals surface area contributed by atoms with Crippen LogP contribution in [0.5, 0.6) is 0 Å². The molecule has 3 aromatic carbocycles. The minimum absolute atomic E-state index is 0.132. The maximum Gasteiger partial charge on any atom is 0.408 e. The fourth-order valence-electron chi connectivity index (χ4n) is 4.48. The van der Waals surface area contributed by atoms with Crippen molar-refractivity contribution in [2.24, 2.45) is 4.99 Å². The predicted octanol–water partition coefficient (Wildman–Crippen LogP) is 4.50. The standard InChI is InChI=1S/C28H25N3O4/c32-27(33)24-16-21-20-13-7-8-14-22(20)29-25(21)26(30-24)23(15-18-9-3-1-4-10-18)31-28(34)35-17-19-11-5-2-6-12-19/h1-14,23-24,29H,15-17H2,(H,31,34)(H,32,33). The first kappa shape index (κ1) is 22.4. The number of carboxylic acid groups (broad SMARTS) is 1. The Morgan fingerprint density at radius 2 is 1.63 bits per heavy atom. The molecule has 4 aromatic rings. The number of hydrogen-bond donors (Lipinski definition) is 3. The summed E-state index contributed by atoms with van der Waals surface area (Å²) < 4.78 is 5.48. The van der Waals surface area contributed by atoms with Gasteiger partial charge in [0.05, 0.1) is 17.4 Å². The largest absolute Gasteiger partial charge is 0.480 e. The monoisotopic (exact) mass is 467 g/mol. The van der Waals surface area contributed by atoms with Gasteiger partial charge in [0, 0.05) is 17.3 Å². The molecule has 0 aliphatic carbocycles. The summed E-state index contributed by atoms with van der Waals surface area (Å²) in [4.78, 5) is 32.9. The molecule has 5 rings (SSSR count). The van der Waals surface area contributed by atoms with Gasteiger partial charge in [-0.15, -0.1) is 0 Å². The number of benzene rings is 3. The molecule has 1 amide bonds. The van der Waals surface area contributed by atoms with E-state index in [4.69, 9.17) is 4.74 Å². The Hall–Kier alpha value is -4.39.